The smallest absolute Gasteiger partial charge is 0.309 e. The zero-order valence-electron chi connectivity index (χ0n) is 7.69. The Bertz CT molecular complexity index is 178. The van der Waals surface area contributed by atoms with Crippen LogP contribution in [-0.4, -0.2) is 12.6 Å². The summed E-state index contributed by atoms with van der Waals surface area (Å²) >= 11 is 4.75. The molecule has 0 aliphatic rings. The average molecular weight is 227 g/mol. The van der Waals surface area contributed by atoms with E-state index in [9.17, 15) is 0 Å². The molecule has 0 saturated heterocycles. The molecule has 13 heavy (non-hydrogen) atoms. The van der Waals surface area contributed by atoms with Crippen molar-refractivity contribution in [1.82, 2.24) is 5.09 Å². The van der Waals surface area contributed by atoms with Gasteiger partial charge in [-0.15, -0.1) is 0 Å². The maximum atomic E-state index is 9.00. The Morgan fingerprint density at radius 3 is 2.08 bits per heavy atom. The summed E-state index contributed by atoms with van der Waals surface area (Å²) < 4.78 is 0. The molecule has 80 valence electrons. The number of urea groups is 1. The molecule has 0 aromatic heterocycles. The quantitative estimate of drug-likeness (QED) is 0.327. The maximum absolute atomic E-state index is 9.00. The summed E-state index contributed by atoms with van der Waals surface area (Å²) in [4.78, 5) is 9.00. The van der Waals surface area contributed by atoms with Crippen LogP contribution in [-0.2, 0) is 11.8 Å². The minimum atomic E-state index is -2.11. The van der Waals surface area contributed by atoms with Crippen LogP contribution < -0.4 is 27.6 Å². The van der Waals surface area contributed by atoms with Crippen LogP contribution in [0.15, 0.2) is 0 Å². The number of carbonyl (C=O) groups excluding carboxylic acids is 1. The summed E-state index contributed by atoms with van der Waals surface area (Å²) in [6, 6.07) is -0.833. The van der Waals surface area contributed by atoms with Gasteiger partial charge < -0.3 is 11.5 Å². The fourth-order valence-electron chi connectivity index (χ4n) is 0.431. The number of amides is 2. The van der Waals surface area contributed by atoms with Crippen molar-refractivity contribution < 1.29 is 4.79 Å². The fourth-order valence-corrected chi connectivity index (χ4v) is 1.21. The topological polar surface area (TPSA) is 133 Å². The molecule has 2 amide bonds. The summed E-state index contributed by atoms with van der Waals surface area (Å²) in [7, 11) is 0. The first-order valence-corrected chi connectivity index (χ1v) is 6.71. The van der Waals surface area contributed by atoms with E-state index in [-0.39, 0.29) is 0 Å². The predicted molar refractivity (Wildman–Crippen MR) is 59.3 cm³/mol. The molecule has 0 aliphatic carbocycles. The third-order valence-corrected chi connectivity index (χ3v) is 1.99. The second-order valence-electron chi connectivity index (χ2n) is 2.37. The largest absolute Gasteiger partial charge is 0.352 e. The van der Waals surface area contributed by atoms with Gasteiger partial charge in [0.1, 0.15) is 6.49 Å². The molecular weight excluding hydrogens is 209 g/mol. The molecule has 0 saturated carbocycles. The van der Waals surface area contributed by atoms with Crippen molar-refractivity contribution in [3.05, 3.63) is 0 Å². The molecule has 9 N–H and O–H groups in total. The van der Waals surface area contributed by atoms with Gasteiger partial charge in [-0.3, -0.25) is 16.1 Å². The van der Waals surface area contributed by atoms with Gasteiger partial charge in [-0.05, 0) is 18.2 Å². The lowest BCUT2D eigenvalue weighted by Crippen LogP contribution is -2.22. The molecule has 0 heterocycles. The van der Waals surface area contributed by atoms with Gasteiger partial charge in [0, 0.05) is 6.54 Å². The number of nitrogens with one attached hydrogen (secondary N) is 1. The fraction of sp³-hybridized carbons (Fsp3) is 0.800. The van der Waals surface area contributed by atoms with E-state index < -0.39 is 12.5 Å². The Balaban J connectivity index is 0. The standard InChI is InChI=1S/C4H14N3PS.CH4N2O/c1-2-3-4-7-8(5,6)9;2-1(3)4/h2-4H2,1H3,(H5,5,6,7,9);(H4,2,3,4). The highest BCUT2D eigenvalue weighted by Gasteiger charge is 1.97. The van der Waals surface area contributed by atoms with Crippen molar-refractivity contribution >= 4 is 24.3 Å². The minimum Gasteiger partial charge on any atom is -0.352 e. The Morgan fingerprint density at radius 1 is 1.46 bits per heavy atom. The van der Waals surface area contributed by atoms with E-state index in [1.54, 1.807) is 0 Å². The average Bonchev–Trinajstić information content (AvgIpc) is 1.83. The van der Waals surface area contributed by atoms with E-state index in [1.165, 1.54) is 0 Å². The number of rotatable bonds is 4. The van der Waals surface area contributed by atoms with Crippen molar-refractivity contribution in [2.24, 2.45) is 22.5 Å². The first-order chi connectivity index (χ1) is 5.79. The van der Waals surface area contributed by atoms with Crippen LogP contribution >= 0.6 is 6.49 Å². The summed E-state index contributed by atoms with van der Waals surface area (Å²) in [5.74, 6) is 0. The van der Waals surface area contributed by atoms with Gasteiger partial charge in [0.15, 0.2) is 0 Å². The molecule has 0 aliphatic heterocycles. The van der Waals surface area contributed by atoms with E-state index in [1.807, 2.05) is 0 Å². The molecule has 0 rings (SSSR count). The van der Waals surface area contributed by atoms with Gasteiger partial charge in [-0.1, -0.05) is 13.3 Å². The Hall–Kier alpha value is -0.200. The van der Waals surface area contributed by atoms with E-state index in [0.717, 1.165) is 19.4 Å². The van der Waals surface area contributed by atoms with Crippen LogP contribution in [0.1, 0.15) is 19.8 Å². The van der Waals surface area contributed by atoms with Gasteiger partial charge >= 0.3 is 6.03 Å². The van der Waals surface area contributed by atoms with Crippen LogP contribution in [0.2, 0.25) is 0 Å². The van der Waals surface area contributed by atoms with Gasteiger partial charge in [0.05, 0.1) is 0 Å². The Morgan fingerprint density at radius 2 is 1.85 bits per heavy atom. The lowest BCUT2D eigenvalue weighted by atomic mass is 10.3. The normalized spacial score (nSPS) is 10.1. The Labute approximate surface area is 83.6 Å². The monoisotopic (exact) mass is 227 g/mol. The summed E-state index contributed by atoms with van der Waals surface area (Å²) in [6.07, 6.45) is 2.23. The van der Waals surface area contributed by atoms with Crippen molar-refractivity contribution in [3.63, 3.8) is 0 Å². The van der Waals surface area contributed by atoms with Crippen LogP contribution in [0.25, 0.3) is 0 Å². The van der Waals surface area contributed by atoms with Gasteiger partial charge in [0.25, 0.3) is 0 Å². The molecule has 0 aromatic rings. The second-order valence-corrected chi connectivity index (χ2v) is 5.92. The number of unbranched alkanes of at least 4 members (excludes halogenated alkanes) is 1. The van der Waals surface area contributed by atoms with E-state index >= 15 is 0 Å². The second kappa shape index (κ2) is 8.40. The molecule has 6 nitrogen and oxygen atoms in total. The molecule has 0 atom stereocenters. The molecule has 0 spiro atoms. The van der Waals surface area contributed by atoms with Gasteiger partial charge in [0.2, 0.25) is 0 Å². The first-order valence-electron chi connectivity index (χ1n) is 3.76. The maximum Gasteiger partial charge on any atom is 0.309 e. The highest BCUT2D eigenvalue weighted by atomic mass is 32.4. The molecule has 0 bridgehead atoms. The third kappa shape index (κ3) is 33.7. The lowest BCUT2D eigenvalue weighted by molar-refractivity contribution is 0.256. The van der Waals surface area contributed by atoms with E-state index in [0.29, 0.717) is 0 Å². The van der Waals surface area contributed by atoms with Crippen molar-refractivity contribution in [3.8, 4) is 0 Å². The Kier molecular flexibility index (Phi) is 9.87. The van der Waals surface area contributed by atoms with Crippen LogP contribution in [0.4, 0.5) is 4.79 Å². The summed E-state index contributed by atoms with van der Waals surface area (Å²) in [5.41, 5.74) is 19.2. The van der Waals surface area contributed by atoms with Gasteiger partial charge in [-0.25, -0.2) is 4.79 Å². The minimum absolute atomic E-state index is 0.833. The summed E-state index contributed by atoms with van der Waals surface area (Å²) in [5, 5.41) is 2.90. The number of hydrogen-bond acceptors (Lipinski definition) is 2. The van der Waals surface area contributed by atoms with Crippen LogP contribution in [0.3, 0.4) is 0 Å². The molecular formula is C5H18N5OPS. The molecule has 0 aromatic carbocycles. The number of primary amides is 2. The van der Waals surface area contributed by atoms with Gasteiger partial charge in [-0.2, -0.15) is 0 Å². The third-order valence-electron chi connectivity index (χ3n) is 0.889. The van der Waals surface area contributed by atoms with Crippen molar-refractivity contribution in [2.45, 2.75) is 19.8 Å². The molecule has 0 radical (unpaired) electrons. The van der Waals surface area contributed by atoms with Crippen LogP contribution in [0, 0.1) is 0 Å². The SMILES string of the molecule is CCCCNP(N)(N)=S.NC(N)=O. The predicted octanol–water partition coefficient (Wildman–Crippen LogP) is -0.458. The lowest BCUT2D eigenvalue weighted by Gasteiger charge is -2.10. The zero-order valence-corrected chi connectivity index (χ0v) is 9.41. The zero-order chi connectivity index (χ0) is 10.9. The number of nitrogens with two attached hydrogens (primary N) is 4. The summed E-state index contributed by atoms with van der Waals surface area (Å²) in [6.45, 7) is 0.845. The first kappa shape index (κ1) is 15.3. The van der Waals surface area contributed by atoms with Crippen molar-refractivity contribution in [1.29, 1.82) is 0 Å². The highest BCUT2D eigenvalue weighted by molar-refractivity contribution is 8.11. The molecule has 0 unspecified atom stereocenters. The van der Waals surface area contributed by atoms with Crippen LogP contribution in [0.5, 0.6) is 0 Å². The number of hydrogen-bond donors (Lipinski definition) is 5. The molecule has 0 fully saturated rings. The number of carbonyl (C=O) groups is 1. The van der Waals surface area contributed by atoms with E-state index in [2.05, 4.69) is 23.5 Å². The van der Waals surface area contributed by atoms with Crippen molar-refractivity contribution in [2.75, 3.05) is 6.54 Å². The molecule has 8 heteroatoms. The highest BCUT2D eigenvalue weighted by Crippen LogP contribution is 2.17. The van der Waals surface area contributed by atoms with E-state index in [4.69, 9.17) is 27.6 Å².